The van der Waals surface area contributed by atoms with E-state index in [1.807, 2.05) is 13.8 Å². The average molecular weight is 311 g/mol. The standard InChI is InChI=1S/C12H15BrN4O/c1-4-5-9-11(13)12(18)17(16-9)10-6-7(2)14-8(3)15-10/h6,16H,4-5H2,1-3H3. The van der Waals surface area contributed by atoms with Crippen molar-refractivity contribution in [1.82, 2.24) is 19.7 Å². The van der Waals surface area contributed by atoms with Crippen LogP contribution in [0.25, 0.3) is 5.82 Å². The van der Waals surface area contributed by atoms with Gasteiger partial charge in [-0.15, -0.1) is 0 Å². The summed E-state index contributed by atoms with van der Waals surface area (Å²) >= 11 is 3.33. The molecule has 0 radical (unpaired) electrons. The molecule has 2 rings (SSSR count). The monoisotopic (exact) mass is 310 g/mol. The summed E-state index contributed by atoms with van der Waals surface area (Å²) in [7, 11) is 0. The second kappa shape index (κ2) is 5.06. The molecule has 0 aliphatic heterocycles. The van der Waals surface area contributed by atoms with E-state index in [2.05, 4.69) is 37.9 Å². The van der Waals surface area contributed by atoms with Crippen molar-refractivity contribution in [3.05, 3.63) is 38.1 Å². The van der Waals surface area contributed by atoms with Crippen LogP contribution in [0.2, 0.25) is 0 Å². The molecule has 0 saturated carbocycles. The summed E-state index contributed by atoms with van der Waals surface area (Å²) in [6.45, 7) is 5.77. The largest absolute Gasteiger partial charge is 0.292 e. The fourth-order valence-corrected chi connectivity index (χ4v) is 2.32. The van der Waals surface area contributed by atoms with Crippen molar-refractivity contribution in [3.63, 3.8) is 0 Å². The van der Waals surface area contributed by atoms with E-state index < -0.39 is 0 Å². The summed E-state index contributed by atoms with van der Waals surface area (Å²) in [6.07, 6.45) is 1.80. The number of hydrogen-bond acceptors (Lipinski definition) is 3. The van der Waals surface area contributed by atoms with Crippen LogP contribution in [-0.2, 0) is 6.42 Å². The molecule has 2 aromatic heterocycles. The highest BCUT2D eigenvalue weighted by Gasteiger charge is 2.13. The van der Waals surface area contributed by atoms with Crippen LogP contribution < -0.4 is 5.56 Å². The number of H-pyrrole nitrogens is 1. The summed E-state index contributed by atoms with van der Waals surface area (Å²) in [4.78, 5) is 20.6. The Morgan fingerprint density at radius 3 is 2.72 bits per heavy atom. The Morgan fingerprint density at radius 2 is 2.11 bits per heavy atom. The molecule has 6 heteroatoms. The predicted octanol–water partition coefficient (Wildman–Crippen LogP) is 2.29. The van der Waals surface area contributed by atoms with Crippen LogP contribution in [0, 0.1) is 13.8 Å². The molecule has 0 aromatic carbocycles. The van der Waals surface area contributed by atoms with Gasteiger partial charge in [-0.25, -0.2) is 14.6 Å². The highest BCUT2D eigenvalue weighted by atomic mass is 79.9. The number of aryl methyl sites for hydroxylation is 3. The number of nitrogens with one attached hydrogen (secondary N) is 1. The summed E-state index contributed by atoms with van der Waals surface area (Å²) in [5.41, 5.74) is 1.62. The molecule has 0 spiro atoms. The van der Waals surface area contributed by atoms with Gasteiger partial charge in [0, 0.05) is 11.8 Å². The molecule has 0 bridgehead atoms. The number of hydrogen-bond donors (Lipinski definition) is 1. The highest BCUT2D eigenvalue weighted by Crippen LogP contribution is 2.14. The number of aromatic nitrogens is 4. The fourth-order valence-electron chi connectivity index (χ4n) is 1.85. The Bertz CT molecular complexity index is 609. The van der Waals surface area contributed by atoms with E-state index in [4.69, 9.17) is 0 Å². The molecule has 18 heavy (non-hydrogen) atoms. The molecule has 0 amide bonds. The molecular formula is C12H15BrN4O. The van der Waals surface area contributed by atoms with E-state index in [1.165, 1.54) is 4.68 Å². The Balaban J connectivity index is 2.57. The summed E-state index contributed by atoms with van der Waals surface area (Å²) < 4.78 is 2.04. The van der Waals surface area contributed by atoms with Gasteiger partial charge in [-0.2, -0.15) is 0 Å². The lowest BCUT2D eigenvalue weighted by Gasteiger charge is -2.03. The van der Waals surface area contributed by atoms with Crippen molar-refractivity contribution in [2.45, 2.75) is 33.6 Å². The topological polar surface area (TPSA) is 63.6 Å². The van der Waals surface area contributed by atoms with Gasteiger partial charge in [0.25, 0.3) is 5.56 Å². The smallest absolute Gasteiger partial charge is 0.287 e. The van der Waals surface area contributed by atoms with Gasteiger partial charge in [0.05, 0.1) is 5.69 Å². The third-order valence-corrected chi connectivity index (χ3v) is 3.40. The minimum Gasteiger partial charge on any atom is -0.292 e. The van der Waals surface area contributed by atoms with Crippen LogP contribution in [0.15, 0.2) is 15.3 Å². The third kappa shape index (κ3) is 2.38. The lowest BCUT2D eigenvalue weighted by molar-refractivity contribution is 0.764. The molecular weight excluding hydrogens is 296 g/mol. The van der Waals surface area contributed by atoms with Gasteiger partial charge in [-0.05, 0) is 36.2 Å². The zero-order valence-electron chi connectivity index (χ0n) is 10.6. The van der Waals surface area contributed by atoms with E-state index in [0.717, 1.165) is 24.2 Å². The van der Waals surface area contributed by atoms with Crippen molar-refractivity contribution >= 4 is 15.9 Å². The minimum absolute atomic E-state index is 0.115. The number of halogens is 1. The van der Waals surface area contributed by atoms with Crippen LogP contribution in [-0.4, -0.2) is 19.7 Å². The second-order valence-corrected chi connectivity index (χ2v) is 5.00. The molecule has 1 N–H and O–H groups in total. The Labute approximate surface area is 113 Å². The van der Waals surface area contributed by atoms with Crippen LogP contribution in [0.1, 0.15) is 30.6 Å². The maximum absolute atomic E-state index is 12.1. The first-order valence-electron chi connectivity index (χ1n) is 5.85. The van der Waals surface area contributed by atoms with E-state index in [9.17, 15) is 4.79 Å². The average Bonchev–Trinajstić information content (AvgIpc) is 2.57. The van der Waals surface area contributed by atoms with Crippen LogP contribution in [0.5, 0.6) is 0 Å². The van der Waals surface area contributed by atoms with Crippen LogP contribution in [0.3, 0.4) is 0 Å². The van der Waals surface area contributed by atoms with Gasteiger partial charge < -0.3 is 0 Å². The normalized spacial score (nSPS) is 10.9. The Hall–Kier alpha value is -1.43. The van der Waals surface area contributed by atoms with E-state index in [0.29, 0.717) is 16.1 Å². The molecule has 0 saturated heterocycles. The number of rotatable bonds is 3. The van der Waals surface area contributed by atoms with Crippen molar-refractivity contribution in [3.8, 4) is 5.82 Å². The SMILES string of the molecule is CCCc1[nH]n(-c2cc(C)nc(C)n2)c(=O)c1Br. The summed E-state index contributed by atoms with van der Waals surface area (Å²) in [5, 5.41) is 3.09. The van der Waals surface area contributed by atoms with Crippen molar-refractivity contribution in [2.24, 2.45) is 0 Å². The van der Waals surface area contributed by atoms with Gasteiger partial charge in [0.2, 0.25) is 0 Å². The molecule has 96 valence electrons. The first kappa shape index (κ1) is 13.0. The van der Waals surface area contributed by atoms with Gasteiger partial charge in [0.15, 0.2) is 5.82 Å². The molecule has 0 atom stereocenters. The molecule has 5 nitrogen and oxygen atoms in total. The third-order valence-electron chi connectivity index (χ3n) is 2.58. The Morgan fingerprint density at radius 1 is 1.39 bits per heavy atom. The fraction of sp³-hybridized carbons (Fsp3) is 0.417. The van der Waals surface area contributed by atoms with Gasteiger partial charge >= 0.3 is 0 Å². The van der Waals surface area contributed by atoms with Gasteiger partial charge in [-0.3, -0.25) is 9.89 Å². The summed E-state index contributed by atoms with van der Waals surface area (Å²) in [6, 6.07) is 1.78. The van der Waals surface area contributed by atoms with Crippen molar-refractivity contribution < 1.29 is 0 Å². The van der Waals surface area contributed by atoms with E-state index in [-0.39, 0.29) is 5.56 Å². The number of nitrogens with zero attached hydrogens (tertiary/aromatic N) is 3. The molecule has 0 aliphatic carbocycles. The first-order chi connectivity index (χ1) is 8.52. The zero-order valence-corrected chi connectivity index (χ0v) is 12.2. The predicted molar refractivity (Wildman–Crippen MR) is 73.1 cm³/mol. The number of aromatic amines is 1. The van der Waals surface area contributed by atoms with E-state index in [1.54, 1.807) is 6.07 Å². The van der Waals surface area contributed by atoms with E-state index >= 15 is 0 Å². The zero-order chi connectivity index (χ0) is 13.3. The van der Waals surface area contributed by atoms with Crippen LogP contribution in [0.4, 0.5) is 0 Å². The van der Waals surface area contributed by atoms with Gasteiger partial charge in [0.1, 0.15) is 10.3 Å². The first-order valence-corrected chi connectivity index (χ1v) is 6.64. The van der Waals surface area contributed by atoms with Gasteiger partial charge in [-0.1, -0.05) is 13.3 Å². The lowest BCUT2D eigenvalue weighted by atomic mass is 10.3. The maximum Gasteiger partial charge on any atom is 0.287 e. The van der Waals surface area contributed by atoms with Crippen LogP contribution >= 0.6 is 15.9 Å². The minimum atomic E-state index is -0.115. The molecule has 2 aromatic rings. The van der Waals surface area contributed by atoms with Crippen molar-refractivity contribution in [1.29, 1.82) is 0 Å². The Kier molecular flexibility index (Phi) is 3.65. The quantitative estimate of drug-likeness (QED) is 0.946. The molecule has 2 heterocycles. The second-order valence-electron chi connectivity index (χ2n) is 4.21. The molecule has 0 aliphatic rings. The molecule has 0 unspecified atom stereocenters. The lowest BCUT2D eigenvalue weighted by Crippen LogP contribution is -2.17. The van der Waals surface area contributed by atoms with Crippen molar-refractivity contribution in [2.75, 3.05) is 0 Å². The summed E-state index contributed by atoms with van der Waals surface area (Å²) in [5.74, 6) is 1.23. The molecule has 0 fully saturated rings. The maximum atomic E-state index is 12.1. The highest BCUT2D eigenvalue weighted by molar-refractivity contribution is 9.10.